The molecular weight excluding hydrogens is 341 g/mol. The van der Waals surface area contributed by atoms with Crippen LogP contribution in [0.2, 0.25) is 0 Å². The van der Waals surface area contributed by atoms with Crippen molar-refractivity contribution in [1.29, 1.82) is 0 Å². The molecule has 1 heterocycles. The number of nitrogens with one attached hydrogen (secondary N) is 1. The molecule has 1 aliphatic rings. The zero-order valence-electron chi connectivity index (χ0n) is 13.2. The van der Waals surface area contributed by atoms with Crippen molar-refractivity contribution in [2.45, 2.75) is 31.5 Å². The number of likely N-dealkylation sites (tertiary alicyclic amines) is 1. The molecule has 2 rings (SSSR count). The quantitative estimate of drug-likeness (QED) is 0.861. The molecule has 1 aromatic carbocycles. The zero-order chi connectivity index (χ0) is 18.6. The van der Waals surface area contributed by atoms with Crippen molar-refractivity contribution in [3.63, 3.8) is 0 Å². The monoisotopic (exact) mass is 358 g/mol. The number of hydrogen-bond donors (Lipinski definition) is 2. The van der Waals surface area contributed by atoms with Crippen molar-refractivity contribution in [3.05, 3.63) is 35.4 Å². The predicted molar refractivity (Wildman–Crippen MR) is 80.8 cm³/mol. The highest BCUT2D eigenvalue weighted by atomic mass is 19.4. The van der Waals surface area contributed by atoms with Gasteiger partial charge in [-0.05, 0) is 43.5 Å². The minimum absolute atomic E-state index is 0.0192. The lowest BCUT2D eigenvalue weighted by Gasteiger charge is -2.33. The molecule has 9 heteroatoms. The fourth-order valence-electron chi connectivity index (χ4n) is 2.66. The third kappa shape index (κ3) is 4.71. The third-order valence-electron chi connectivity index (χ3n) is 3.98. The Morgan fingerprint density at radius 2 is 1.80 bits per heavy atom. The Morgan fingerprint density at radius 3 is 2.36 bits per heavy atom. The van der Waals surface area contributed by atoms with E-state index in [0.29, 0.717) is 25.8 Å². The number of carboxylic acids is 1. The fourth-order valence-corrected chi connectivity index (χ4v) is 2.66. The van der Waals surface area contributed by atoms with E-state index in [1.165, 1.54) is 4.90 Å². The molecule has 1 atom stereocenters. The van der Waals surface area contributed by atoms with Crippen LogP contribution in [0.15, 0.2) is 24.3 Å². The molecule has 1 aromatic rings. The lowest BCUT2D eigenvalue weighted by molar-refractivity contribution is -0.151. The lowest BCUT2D eigenvalue weighted by Crippen LogP contribution is -2.51. The Morgan fingerprint density at radius 1 is 1.16 bits per heavy atom. The van der Waals surface area contributed by atoms with Crippen LogP contribution in [0.3, 0.4) is 0 Å². The average Bonchev–Trinajstić information content (AvgIpc) is 2.58. The summed E-state index contributed by atoms with van der Waals surface area (Å²) in [6.45, 7) is -0.115. The van der Waals surface area contributed by atoms with Gasteiger partial charge in [0, 0.05) is 12.1 Å². The van der Waals surface area contributed by atoms with Gasteiger partial charge in [-0.3, -0.25) is 9.59 Å². The fraction of sp³-hybridized carbons (Fsp3) is 0.438. The van der Waals surface area contributed by atoms with Crippen molar-refractivity contribution < 1.29 is 32.7 Å². The molecule has 2 amide bonds. The maximum Gasteiger partial charge on any atom is 0.416 e. The summed E-state index contributed by atoms with van der Waals surface area (Å²) in [5.74, 6) is -2.33. The van der Waals surface area contributed by atoms with Crippen molar-refractivity contribution in [3.8, 4) is 0 Å². The smallest absolute Gasteiger partial charge is 0.416 e. The number of carbonyl (C=O) groups is 3. The first-order valence-corrected chi connectivity index (χ1v) is 7.68. The van der Waals surface area contributed by atoms with Crippen LogP contribution in [0.4, 0.5) is 13.2 Å². The Bertz CT molecular complexity index is 658. The number of carboxylic acid groups (broad SMARTS) is 1. The minimum Gasteiger partial charge on any atom is -0.480 e. The van der Waals surface area contributed by atoms with E-state index in [-0.39, 0.29) is 5.56 Å². The highest BCUT2D eigenvalue weighted by molar-refractivity contribution is 5.96. The number of carbonyl (C=O) groups excluding carboxylic acids is 2. The number of hydrogen-bond acceptors (Lipinski definition) is 3. The number of rotatable bonds is 4. The van der Waals surface area contributed by atoms with Crippen molar-refractivity contribution in [2.24, 2.45) is 0 Å². The topological polar surface area (TPSA) is 86.7 Å². The molecule has 0 bridgehead atoms. The molecule has 0 saturated carbocycles. The van der Waals surface area contributed by atoms with E-state index < -0.39 is 42.1 Å². The molecule has 0 aromatic heterocycles. The minimum atomic E-state index is -4.49. The van der Waals surface area contributed by atoms with Gasteiger partial charge in [-0.2, -0.15) is 13.2 Å². The maximum atomic E-state index is 12.5. The van der Waals surface area contributed by atoms with E-state index >= 15 is 0 Å². The summed E-state index contributed by atoms with van der Waals surface area (Å²) in [6, 6.07) is 2.68. The number of alkyl halides is 3. The number of benzene rings is 1. The highest BCUT2D eigenvalue weighted by Crippen LogP contribution is 2.29. The van der Waals surface area contributed by atoms with E-state index in [4.69, 9.17) is 5.11 Å². The molecule has 0 aliphatic carbocycles. The van der Waals surface area contributed by atoms with E-state index in [0.717, 1.165) is 24.3 Å². The van der Waals surface area contributed by atoms with Gasteiger partial charge in [0.15, 0.2) is 0 Å². The van der Waals surface area contributed by atoms with Gasteiger partial charge in [-0.15, -0.1) is 0 Å². The molecule has 1 aliphatic heterocycles. The Hall–Kier alpha value is -2.58. The van der Waals surface area contributed by atoms with Crippen LogP contribution in [0.1, 0.15) is 35.2 Å². The molecule has 136 valence electrons. The summed E-state index contributed by atoms with van der Waals surface area (Å²) in [4.78, 5) is 36.4. The van der Waals surface area contributed by atoms with Crippen LogP contribution in [0, 0.1) is 0 Å². The van der Waals surface area contributed by atoms with Gasteiger partial charge in [-0.25, -0.2) is 4.79 Å². The summed E-state index contributed by atoms with van der Waals surface area (Å²) in [7, 11) is 0. The molecule has 6 nitrogen and oxygen atoms in total. The first kappa shape index (κ1) is 18.8. The Balaban J connectivity index is 1.94. The number of halogens is 3. The van der Waals surface area contributed by atoms with Crippen LogP contribution in [-0.2, 0) is 15.8 Å². The largest absolute Gasteiger partial charge is 0.480 e. The lowest BCUT2D eigenvalue weighted by atomic mass is 10.0. The summed E-state index contributed by atoms with van der Waals surface area (Å²) in [5.41, 5.74) is -0.896. The van der Waals surface area contributed by atoms with Crippen molar-refractivity contribution in [1.82, 2.24) is 10.2 Å². The van der Waals surface area contributed by atoms with E-state index in [2.05, 4.69) is 5.32 Å². The van der Waals surface area contributed by atoms with Crippen LogP contribution in [0.5, 0.6) is 0 Å². The average molecular weight is 358 g/mol. The van der Waals surface area contributed by atoms with E-state index in [1.807, 2.05) is 0 Å². The van der Waals surface area contributed by atoms with Crippen LogP contribution < -0.4 is 5.32 Å². The molecule has 1 saturated heterocycles. The molecular formula is C16H17F3N2O4. The van der Waals surface area contributed by atoms with Gasteiger partial charge < -0.3 is 15.3 Å². The van der Waals surface area contributed by atoms with Gasteiger partial charge >= 0.3 is 12.1 Å². The number of nitrogens with zero attached hydrogens (tertiary/aromatic N) is 1. The second-order valence-electron chi connectivity index (χ2n) is 5.69. The van der Waals surface area contributed by atoms with Crippen LogP contribution >= 0.6 is 0 Å². The number of piperidine rings is 1. The second kappa shape index (κ2) is 7.54. The Labute approximate surface area is 141 Å². The first-order valence-electron chi connectivity index (χ1n) is 7.68. The zero-order valence-corrected chi connectivity index (χ0v) is 13.2. The molecule has 1 fully saturated rings. The Kier molecular flexibility index (Phi) is 5.66. The molecule has 1 unspecified atom stereocenters. The molecule has 25 heavy (non-hydrogen) atoms. The standard InChI is InChI=1S/C16H17F3N2O4/c17-16(18,19)11-6-4-10(5-7-11)14(23)20-9-13(22)21-8-2-1-3-12(21)15(24)25/h4-7,12H,1-3,8-9H2,(H,20,23)(H,24,25). The second-order valence-corrected chi connectivity index (χ2v) is 5.69. The predicted octanol–water partition coefficient (Wildman–Crippen LogP) is 1.90. The van der Waals surface area contributed by atoms with E-state index in [9.17, 15) is 27.6 Å². The van der Waals surface area contributed by atoms with Gasteiger partial charge in [0.05, 0.1) is 12.1 Å². The van der Waals surface area contributed by atoms with Crippen molar-refractivity contribution in [2.75, 3.05) is 13.1 Å². The highest BCUT2D eigenvalue weighted by Gasteiger charge is 2.32. The molecule has 2 N–H and O–H groups in total. The summed E-state index contributed by atoms with van der Waals surface area (Å²) in [5, 5.41) is 11.4. The van der Waals surface area contributed by atoms with Crippen LogP contribution in [-0.4, -0.2) is 46.9 Å². The molecule has 0 spiro atoms. The summed E-state index contributed by atoms with van der Waals surface area (Å²) in [6.07, 6.45) is -2.75. The summed E-state index contributed by atoms with van der Waals surface area (Å²) >= 11 is 0. The van der Waals surface area contributed by atoms with Gasteiger partial charge in [0.25, 0.3) is 5.91 Å². The molecule has 0 radical (unpaired) electrons. The number of amides is 2. The first-order chi connectivity index (χ1) is 11.7. The van der Waals surface area contributed by atoms with Crippen LogP contribution in [0.25, 0.3) is 0 Å². The normalized spacial score (nSPS) is 17.9. The van der Waals surface area contributed by atoms with Gasteiger partial charge in [0.1, 0.15) is 6.04 Å². The van der Waals surface area contributed by atoms with Gasteiger partial charge in [-0.1, -0.05) is 0 Å². The SMILES string of the molecule is O=C(NCC(=O)N1CCCCC1C(=O)O)c1ccc(C(F)(F)F)cc1. The van der Waals surface area contributed by atoms with Crippen molar-refractivity contribution >= 4 is 17.8 Å². The van der Waals surface area contributed by atoms with E-state index in [1.54, 1.807) is 0 Å². The summed E-state index contributed by atoms with van der Waals surface area (Å²) < 4.78 is 37.5. The number of aliphatic carboxylic acids is 1. The third-order valence-corrected chi connectivity index (χ3v) is 3.98. The maximum absolute atomic E-state index is 12.5. The van der Waals surface area contributed by atoms with Gasteiger partial charge in [0.2, 0.25) is 5.91 Å².